The summed E-state index contributed by atoms with van der Waals surface area (Å²) < 4.78 is 29.8. The fourth-order valence-corrected chi connectivity index (χ4v) is 6.59. The first-order chi connectivity index (χ1) is 19.8. The number of ether oxygens (including phenoxy) is 3. The van der Waals surface area contributed by atoms with Crippen LogP contribution in [-0.4, -0.2) is 75.2 Å². The summed E-state index contributed by atoms with van der Waals surface area (Å²) in [6.07, 6.45) is 2.45. The van der Waals surface area contributed by atoms with Crippen molar-refractivity contribution in [3.8, 4) is 5.75 Å². The minimum atomic E-state index is -0.815. The van der Waals surface area contributed by atoms with Gasteiger partial charge in [-0.15, -0.1) is 0 Å². The standard InChI is InChI=1S/C31H42N4O6S/c1-30(2,3)40-28(36)34-13-10-21(11-14-34)22-7-8-26-25(19-22)35(29(37)41-31(4,5)6)27-23(20-39-26)24(9-12-32-27)33-15-17-42(38)18-16-33/h7-9,12,19,21H,10-11,13-18,20H2,1-6H3. The van der Waals surface area contributed by atoms with Crippen molar-refractivity contribution in [3.05, 3.63) is 41.6 Å². The van der Waals surface area contributed by atoms with Gasteiger partial charge in [-0.3, -0.25) is 4.21 Å². The van der Waals surface area contributed by atoms with Crippen LogP contribution in [0.5, 0.6) is 5.75 Å². The van der Waals surface area contributed by atoms with Crippen LogP contribution in [0.1, 0.15) is 71.4 Å². The predicted octanol–water partition coefficient (Wildman–Crippen LogP) is 5.73. The van der Waals surface area contributed by atoms with E-state index in [2.05, 4.69) is 9.88 Å². The number of anilines is 3. The molecule has 11 heteroatoms. The molecule has 0 bridgehead atoms. The van der Waals surface area contributed by atoms with Gasteiger partial charge in [-0.2, -0.15) is 0 Å². The molecule has 1 aromatic heterocycles. The Morgan fingerprint density at radius 3 is 2.19 bits per heavy atom. The Hall–Kier alpha value is -3.34. The topological polar surface area (TPSA) is 102 Å². The molecule has 0 N–H and O–H groups in total. The number of hydrogen-bond acceptors (Lipinski definition) is 8. The van der Waals surface area contributed by atoms with Gasteiger partial charge in [0, 0.05) is 60.4 Å². The number of rotatable bonds is 2. The number of carbonyl (C=O) groups is 2. The Kier molecular flexibility index (Phi) is 8.42. The lowest BCUT2D eigenvalue weighted by Gasteiger charge is -2.34. The fourth-order valence-electron chi connectivity index (χ4n) is 5.54. The number of pyridine rings is 1. The number of fused-ring (bicyclic) bond motifs is 2. The van der Waals surface area contributed by atoms with Crippen LogP contribution >= 0.6 is 0 Å². The van der Waals surface area contributed by atoms with Crippen LogP contribution in [0.3, 0.4) is 0 Å². The van der Waals surface area contributed by atoms with Gasteiger partial charge in [0.2, 0.25) is 0 Å². The van der Waals surface area contributed by atoms with Gasteiger partial charge in [-0.05, 0) is 84.1 Å². The highest BCUT2D eigenvalue weighted by molar-refractivity contribution is 7.85. The Morgan fingerprint density at radius 2 is 1.55 bits per heavy atom. The molecular weight excluding hydrogens is 556 g/mol. The SMILES string of the molecule is CC(C)(C)OC(=O)N1CCC(c2ccc3c(c2)N(C(=O)OC(C)(C)C)c2nccc(N4CCS(=O)CC4)c2CO3)CC1. The average molecular weight is 599 g/mol. The zero-order valence-corrected chi connectivity index (χ0v) is 26.3. The summed E-state index contributed by atoms with van der Waals surface area (Å²) in [4.78, 5) is 36.6. The van der Waals surface area contributed by atoms with Gasteiger partial charge in [0.25, 0.3) is 0 Å². The first kappa shape index (κ1) is 30.1. The normalized spacial score (nSPS) is 18.5. The van der Waals surface area contributed by atoms with Gasteiger partial charge in [0.15, 0.2) is 5.82 Å². The quantitative estimate of drug-likeness (QED) is 0.432. The van der Waals surface area contributed by atoms with E-state index in [4.69, 9.17) is 14.2 Å². The van der Waals surface area contributed by atoms with E-state index in [1.807, 2.05) is 65.8 Å². The smallest absolute Gasteiger partial charge is 0.420 e. The zero-order valence-electron chi connectivity index (χ0n) is 25.5. The Bertz CT molecular complexity index is 1350. The molecule has 0 saturated carbocycles. The largest absolute Gasteiger partial charge is 0.486 e. The minimum Gasteiger partial charge on any atom is -0.486 e. The number of benzene rings is 1. The summed E-state index contributed by atoms with van der Waals surface area (Å²) in [5.74, 6) is 2.45. The van der Waals surface area contributed by atoms with Crippen LogP contribution in [0.4, 0.5) is 26.8 Å². The molecule has 2 fully saturated rings. The first-order valence-corrected chi connectivity index (χ1v) is 16.1. The Morgan fingerprint density at radius 1 is 0.905 bits per heavy atom. The lowest BCUT2D eigenvalue weighted by molar-refractivity contribution is 0.0204. The molecule has 0 radical (unpaired) electrons. The van der Waals surface area contributed by atoms with Crippen molar-refractivity contribution >= 4 is 40.2 Å². The lowest BCUT2D eigenvalue weighted by Crippen LogP contribution is -2.41. The highest BCUT2D eigenvalue weighted by atomic mass is 32.2. The summed E-state index contributed by atoms with van der Waals surface area (Å²) in [5.41, 5.74) is 2.11. The van der Waals surface area contributed by atoms with Crippen molar-refractivity contribution in [2.24, 2.45) is 0 Å². The van der Waals surface area contributed by atoms with Crippen LogP contribution in [0.15, 0.2) is 30.5 Å². The number of aromatic nitrogens is 1. The molecule has 2 saturated heterocycles. The predicted molar refractivity (Wildman–Crippen MR) is 163 cm³/mol. The summed E-state index contributed by atoms with van der Waals surface area (Å²) in [5, 5.41) is 0. The van der Waals surface area contributed by atoms with Crippen molar-refractivity contribution in [1.29, 1.82) is 0 Å². The maximum Gasteiger partial charge on any atom is 0.420 e. The Balaban J connectivity index is 1.47. The van der Waals surface area contributed by atoms with Crippen molar-refractivity contribution in [3.63, 3.8) is 0 Å². The van der Waals surface area contributed by atoms with Crippen LogP contribution in [0.25, 0.3) is 0 Å². The van der Waals surface area contributed by atoms with E-state index in [9.17, 15) is 13.8 Å². The van der Waals surface area contributed by atoms with Crippen molar-refractivity contribution in [2.45, 2.75) is 78.1 Å². The van der Waals surface area contributed by atoms with Gasteiger partial charge in [-0.1, -0.05) is 6.07 Å². The maximum absolute atomic E-state index is 13.8. The second-order valence-electron chi connectivity index (χ2n) is 13.0. The summed E-state index contributed by atoms with van der Waals surface area (Å²) >= 11 is 0. The third kappa shape index (κ3) is 6.82. The molecule has 1 aromatic carbocycles. The summed E-state index contributed by atoms with van der Waals surface area (Å²) in [6.45, 7) is 13.9. The highest BCUT2D eigenvalue weighted by Gasteiger charge is 2.35. The van der Waals surface area contributed by atoms with Crippen LogP contribution in [-0.2, 0) is 26.9 Å². The molecule has 4 heterocycles. The van der Waals surface area contributed by atoms with E-state index >= 15 is 0 Å². The first-order valence-electron chi connectivity index (χ1n) is 14.6. The van der Waals surface area contributed by atoms with Crippen molar-refractivity contribution < 1.29 is 28.0 Å². The van der Waals surface area contributed by atoms with Gasteiger partial charge in [0.05, 0.1) is 11.3 Å². The van der Waals surface area contributed by atoms with E-state index in [0.29, 0.717) is 54.9 Å². The van der Waals surface area contributed by atoms with E-state index in [1.165, 1.54) is 4.90 Å². The van der Waals surface area contributed by atoms with E-state index in [0.717, 1.165) is 29.7 Å². The molecule has 3 aliphatic heterocycles. The number of piperidine rings is 1. The third-order valence-electron chi connectivity index (χ3n) is 7.53. The van der Waals surface area contributed by atoms with Gasteiger partial charge >= 0.3 is 12.2 Å². The van der Waals surface area contributed by atoms with E-state index in [-0.39, 0.29) is 18.6 Å². The second kappa shape index (κ2) is 11.7. The molecule has 0 atom stereocenters. The molecule has 0 aliphatic carbocycles. The summed E-state index contributed by atoms with van der Waals surface area (Å²) in [7, 11) is -0.815. The van der Waals surface area contributed by atoms with Crippen LogP contribution in [0.2, 0.25) is 0 Å². The molecule has 10 nitrogen and oxygen atoms in total. The summed E-state index contributed by atoms with van der Waals surface area (Å²) in [6, 6.07) is 7.90. The lowest BCUT2D eigenvalue weighted by atomic mass is 9.89. The monoisotopic (exact) mass is 598 g/mol. The number of carbonyl (C=O) groups excluding carboxylic acids is 2. The maximum atomic E-state index is 13.8. The second-order valence-corrected chi connectivity index (χ2v) is 14.7. The van der Waals surface area contributed by atoms with Crippen molar-refractivity contribution in [1.82, 2.24) is 9.88 Å². The number of amides is 2. The number of nitrogens with zero attached hydrogens (tertiary/aromatic N) is 4. The minimum absolute atomic E-state index is 0.200. The molecule has 42 heavy (non-hydrogen) atoms. The number of likely N-dealkylation sites (tertiary alicyclic amines) is 1. The molecule has 5 rings (SSSR count). The molecule has 3 aliphatic rings. The average Bonchev–Trinajstić information content (AvgIpc) is 3.08. The molecule has 228 valence electrons. The van der Waals surface area contributed by atoms with Gasteiger partial charge in [-0.25, -0.2) is 19.5 Å². The highest BCUT2D eigenvalue weighted by Crippen LogP contribution is 2.44. The van der Waals surface area contributed by atoms with Gasteiger partial charge < -0.3 is 24.0 Å². The number of hydrogen-bond donors (Lipinski definition) is 0. The van der Waals surface area contributed by atoms with E-state index in [1.54, 1.807) is 11.1 Å². The van der Waals surface area contributed by atoms with Gasteiger partial charge in [0.1, 0.15) is 23.6 Å². The molecule has 0 unspecified atom stereocenters. The third-order valence-corrected chi connectivity index (χ3v) is 8.80. The molecular formula is C31H42N4O6S. The van der Waals surface area contributed by atoms with E-state index < -0.39 is 28.1 Å². The fraction of sp³-hybridized carbons (Fsp3) is 0.581. The molecule has 2 amide bonds. The Labute approximate surface area is 250 Å². The van der Waals surface area contributed by atoms with Crippen LogP contribution < -0.4 is 14.5 Å². The van der Waals surface area contributed by atoms with Crippen molar-refractivity contribution in [2.75, 3.05) is 47.5 Å². The van der Waals surface area contributed by atoms with Crippen LogP contribution in [0, 0.1) is 0 Å². The zero-order chi connectivity index (χ0) is 30.2. The molecule has 2 aromatic rings. The molecule has 0 spiro atoms.